The van der Waals surface area contributed by atoms with E-state index in [1.54, 1.807) is 40.8 Å². The SMILES string of the molecule is CNCC(C)(C)OC(=O)C1=C(C)NC(C)=C(C(=O)OC)C1c1cccc([N+](=O)[O-])c1. The molecule has 0 saturated heterocycles. The molecular formula is C21H27N3O6. The molecule has 162 valence electrons. The first kappa shape index (κ1) is 23.1. The molecule has 1 aliphatic rings. The minimum atomic E-state index is -0.878. The molecule has 1 aromatic carbocycles. The van der Waals surface area contributed by atoms with Crippen LogP contribution >= 0.6 is 0 Å². The lowest BCUT2D eigenvalue weighted by atomic mass is 9.80. The first-order chi connectivity index (χ1) is 14.0. The molecule has 0 radical (unpaired) electrons. The number of nitrogens with one attached hydrogen (secondary N) is 2. The van der Waals surface area contributed by atoms with Crippen molar-refractivity contribution < 1.29 is 24.0 Å². The number of carbonyl (C=O) groups excluding carboxylic acids is 2. The van der Waals surface area contributed by atoms with Crippen LogP contribution in [0.5, 0.6) is 0 Å². The maximum Gasteiger partial charge on any atom is 0.337 e. The number of hydrogen-bond donors (Lipinski definition) is 2. The second-order valence-electron chi connectivity index (χ2n) is 7.66. The lowest BCUT2D eigenvalue weighted by Gasteiger charge is -2.32. The van der Waals surface area contributed by atoms with Crippen LogP contribution in [-0.4, -0.2) is 43.2 Å². The first-order valence-corrected chi connectivity index (χ1v) is 9.41. The van der Waals surface area contributed by atoms with Gasteiger partial charge in [0, 0.05) is 30.1 Å². The predicted octanol–water partition coefficient (Wildman–Crippen LogP) is 2.54. The van der Waals surface area contributed by atoms with Gasteiger partial charge < -0.3 is 20.1 Å². The maximum absolute atomic E-state index is 13.2. The Balaban J connectivity index is 2.64. The quantitative estimate of drug-likeness (QED) is 0.395. The number of dihydropyridines is 1. The summed E-state index contributed by atoms with van der Waals surface area (Å²) in [4.78, 5) is 36.6. The number of carbonyl (C=O) groups is 2. The van der Waals surface area contributed by atoms with Gasteiger partial charge in [0.1, 0.15) is 5.60 Å². The number of rotatable bonds is 7. The van der Waals surface area contributed by atoms with Crippen LogP contribution in [0.1, 0.15) is 39.2 Å². The summed E-state index contributed by atoms with van der Waals surface area (Å²) >= 11 is 0. The van der Waals surface area contributed by atoms with Gasteiger partial charge in [-0.15, -0.1) is 0 Å². The zero-order chi connectivity index (χ0) is 22.6. The molecule has 9 heteroatoms. The Morgan fingerprint density at radius 2 is 1.80 bits per heavy atom. The van der Waals surface area contributed by atoms with Gasteiger partial charge in [-0.25, -0.2) is 9.59 Å². The minimum absolute atomic E-state index is 0.145. The van der Waals surface area contributed by atoms with Gasteiger partial charge in [-0.05, 0) is 40.3 Å². The number of non-ortho nitro benzene ring substituents is 1. The van der Waals surface area contributed by atoms with E-state index in [9.17, 15) is 19.7 Å². The summed E-state index contributed by atoms with van der Waals surface area (Å²) in [6.45, 7) is 7.33. The Hall–Kier alpha value is -3.20. The van der Waals surface area contributed by atoms with E-state index in [1.165, 1.54) is 25.3 Å². The van der Waals surface area contributed by atoms with Crippen LogP contribution in [0.25, 0.3) is 0 Å². The molecule has 0 saturated carbocycles. The van der Waals surface area contributed by atoms with Crippen molar-refractivity contribution in [2.24, 2.45) is 0 Å². The van der Waals surface area contributed by atoms with Crippen LogP contribution in [0.3, 0.4) is 0 Å². The smallest absolute Gasteiger partial charge is 0.337 e. The van der Waals surface area contributed by atoms with Crippen molar-refractivity contribution in [2.45, 2.75) is 39.2 Å². The van der Waals surface area contributed by atoms with Crippen molar-refractivity contribution in [1.29, 1.82) is 0 Å². The van der Waals surface area contributed by atoms with E-state index in [0.29, 0.717) is 23.5 Å². The van der Waals surface area contributed by atoms with E-state index < -0.39 is 28.4 Å². The van der Waals surface area contributed by atoms with Crippen LogP contribution in [0.2, 0.25) is 0 Å². The standard InChI is InChI=1S/C21H27N3O6/c1-12-16(19(25)29-6)18(14-8-7-9-15(10-14)24(27)28)17(13(2)23-12)20(26)30-21(3,4)11-22-5/h7-10,18,22-23H,11H2,1-6H3. The number of nitrogens with zero attached hydrogens (tertiary/aromatic N) is 1. The Morgan fingerprint density at radius 3 is 2.33 bits per heavy atom. The number of ether oxygens (including phenoxy) is 2. The highest BCUT2D eigenvalue weighted by Gasteiger charge is 2.39. The van der Waals surface area contributed by atoms with Crippen LogP contribution < -0.4 is 10.6 Å². The molecule has 0 fully saturated rings. The summed E-state index contributed by atoms with van der Waals surface area (Å²) < 4.78 is 10.6. The normalized spacial score (nSPS) is 16.8. The van der Waals surface area contributed by atoms with Crippen molar-refractivity contribution in [3.05, 3.63) is 62.5 Å². The second-order valence-corrected chi connectivity index (χ2v) is 7.66. The molecule has 1 atom stereocenters. The number of hydrogen-bond acceptors (Lipinski definition) is 8. The molecule has 9 nitrogen and oxygen atoms in total. The Bertz CT molecular complexity index is 932. The lowest BCUT2D eigenvalue weighted by Crippen LogP contribution is -2.40. The van der Waals surface area contributed by atoms with Crippen LogP contribution in [-0.2, 0) is 19.1 Å². The lowest BCUT2D eigenvalue weighted by molar-refractivity contribution is -0.384. The Kier molecular flexibility index (Phi) is 6.99. The molecule has 1 unspecified atom stereocenters. The van der Waals surface area contributed by atoms with Gasteiger partial charge in [-0.1, -0.05) is 12.1 Å². The Labute approximate surface area is 175 Å². The molecule has 2 rings (SSSR count). The number of allylic oxidation sites excluding steroid dienone is 2. The molecule has 2 N–H and O–H groups in total. The van der Waals surface area contributed by atoms with E-state index in [4.69, 9.17) is 9.47 Å². The third-order valence-corrected chi connectivity index (χ3v) is 4.77. The summed E-state index contributed by atoms with van der Waals surface area (Å²) in [6.07, 6.45) is 0. The molecule has 0 spiro atoms. The summed E-state index contributed by atoms with van der Waals surface area (Å²) in [5.74, 6) is -2.13. The third kappa shape index (κ3) is 4.85. The fraction of sp³-hybridized carbons (Fsp3) is 0.429. The molecule has 1 heterocycles. The number of esters is 2. The average Bonchev–Trinajstić information content (AvgIpc) is 2.66. The van der Waals surface area contributed by atoms with Gasteiger partial charge in [-0.3, -0.25) is 10.1 Å². The minimum Gasteiger partial charge on any atom is -0.466 e. The average molecular weight is 417 g/mol. The van der Waals surface area contributed by atoms with Crippen molar-refractivity contribution in [1.82, 2.24) is 10.6 Å². The molecule has 0 amide bonds. The number of nitro groups is 1. The summed E-state index contributed by atoms with van der Waals surface area (Å²) in [7, 11) is 2.99. The van der Waals surface area contributed by atoms with Crippen LogP contribution in [0, 0.1) is 10.1 Å². The molecule has 1 aromatic rings. The maximum atomic E-state index is 13.2. The second kappa shape index (κ2) is 9.08. The van der Waals surface area contributed by atoms with Gasteiger partial charge in [0.05, 0.1) is 29.1 Å². The summed E-state index contributed by atoms with van der Waals surface area (Å²) in [5, 5.41) is 17.3. The van der Waals surface area contributed by atoms with Crippen molar-refractivity contribution in [3.8, 4) is 0 Å². The van der Waals surface area contributed by atoms with Gasteiger partial charge in [0.25, 0.3) is 5.69 Å². The number of benzene rings is 1. The molecule has 1 aliphatic heterocycles. The zero-order valence-electron chi connectivity index (χ0n) is 18.0. The van der Waals surface area contributed by atoms with Gasteiger partial charge >= 0.3 is 11.9 Å². The molecule has 0 aliphatic carbocycles. The van der Waals surface area contributed by atoms with Crippen LogP contribution in [0.15, 0.2) is 46.8 Å². The van der Waals surface area contributed by atoms with E-state index in [1.807, 2.05) is 0 Å². The highest BCUT2D eigenvalue weighted by Crippen LogP contribution is 2.40. The van der Waals surface area contributed by atoms with E-state index in [0.717, 1.165) is 0 Å². The van der Waals surface area contributed by atoms with Crippen molar-refractivity contribution >= 4 is 17.6 Å². The summed E-state index contributed by atoms with van der Waals surface area (Å²) in [5.41, 5.74) is 0.863. The first-order valence-electron chi connectivity index (χ1n) is 9.41. The van der Waals surface area contributed by atoms with Gasteiger partial charge in [-0.2, -0.15) is 0 Å². The topological polar surface area (TPSA) is 120 Å². The highest BCUT2D eigenvalue weighted by atomic mass is 16.6. The van der Waals surface area contributed by atoms with Crippen molar-refractivity contribution in [2.75, 3.05) is 20.7 Å². The number of methoxy groups -OCH3 is 1. The number of nitro benzene ring substituents is 1. The fourth-order valence-electron chi connectivity index (χ4n) is 3.56. The van der Waals surface area contributed by atoms with E-state index >= 15 is 0 Å². The highest BCUT2D eigenvalue weighted by molar-refractivity contribution is 6.00. The predicted molar refractivity (Wildman–Crippen MR) is 110 cm³/mol. The monoisotopic (exact) mass is 417 g/mol. The zero-order valence-corrected chi connectivity index (χ0v) is 18.0. The molecular weight excluding hydrogens is 390 g/mol. The van der Waals surface area contributed by atoms with Gasteiger partial charge in [0.2, 0.25) is 0 Å². The van der Waals surface area contributed by atoms with Crippen LogP contribution in [0.4, 0.5) is 5.69 Å². The van der Waals surface area contributed by atoms with E-state index in [2.05, 4.69) is 10.6 Å². The molecule has 0 aromatic heterocycles. The van der Waals surface area contributed by atoms with Gasteiger partial charge in [0.15, 0.2) is 0 Å². The number of likely N-dealkylation sites (N-methyl/N-ethyl adjacent to an activating group) is 1. The third-order valence-electron chi connectivity index (χ3n) is 4.77. The largest absolute Gasteiger partial charge is 0.466 e. The Morgan fingerprint density at radius 1 is 1.20 bits per heavy atom. The van der Waals surface area contributed by atoms with Crippen molar-refractivity contribution in [3.63, 3.8) is 0 Å². The summed E-state index contributed by atoms with van der Waals surface area (Å²) in [6, 6.07) is 5.86. The van der Waals surface area contributed by atoms with E-state index in [-0.39, 0.29) is 16.8 Å². The molecule has 0 bridgehead atoms. The fourth-order valence-corrected chi connectivity index (χ4v) is 3.56. The molecule has 30 heavy (non-hydrogen) atoms.